The Morgan fingerprint density at radius 2 is 1.70 bits per heavy atom. The molecule has 0 spiro atoms. The van der Waals surface area contributed by atoms with Crippen molar-refractivity contribution in [2.75, 3.05) is 26.2 Å². The normalized spacial score (nSPS) is 20.2. The summed E-state index contributed by atoms with van der Waals surface area (Å²) in [4.78, 5) is 75.2. The average molecular weight is 757 g/mol. The van der Waals surface area contributed by atoms with Crippen LogP contribution < -0.4 is 5.32 Å². The second kappa shape index (κ2) is 13.4. The maximum absolute atomic E-state index is 15.9. The number of halogens is 2. The summed E-state index contributed by atoms with van der Waals surface area (Å²) in [6.45, 7) is 7.88. The van der Waals surface area contributed by atoms with Gasteiger partial charge < -0.3 is 4.90 Å². The lowest BCUT2D eigenvalue weighted by Crippen LogP contribution is -2.54. The summed E-state index contributed by atoms with van der Waals surface area (Å²) >= 11 is 7.88. The molecule has 0 radical (unpaired) electrons. The SMILES string of the molecule is Cc1sc2c(c1C)C(c1ccc(Cl)cc1)=N[C@@H](CC(=O)N1CCN(Cc3ccc4c(c3F)C(=O)N(C3CCC(=O)NC3=O)C4=O)CC1)c1nnc(C)n1-2. The maximum atomic E-state index is 15.9. The van der Waals surface area contributed by atoms with Gasteiger partial charge in [0.15, 0.2) is 5.82 Å². The molecule has 2 saturated heterocycles. The van der Waals surface area contributed by atoms with Gasteiger partial charge >= 0.3 is 0 Å². The number of aromatic nitrogens is 3. The van der Waals surface area contributed by atoms with Gasteiger partial charge in [0, 0.05) is 65.7 Å². The van der Waals surface area contributed by atoms with Crippen LogP contribution in [0.4, 0.5) is 4.39 Å². The van der Waals surface area contributed by atoms with Crippen LogP contribution in [0.25, 0.3) is 5.00 Å². The zero-order valence-electron chi connectivity index (χ0n) is 29.1. The number of aliphatic imine (C=N–C) groups is 1. The minimum absolute atomic E-state index is 0.0151. The number of benzene rings is 2. The van der Waals surface area contributed by atoms with Crippen LogP contribution in [0.3, 0.4) is 0 Å². The molecule has 53 heavy (non-hydrogen) atoms. The Bertz CT molecular complexity index is 2280. The number of imide groups is 2. The summed E-state index contributed by atoms with van der Waals surface area (Å²) in [6.07, 6.45) is 0.0288. The first-order chi connectivity index (χ1) is 25.4. The quantitative estimate of drug-likeness (QED) is 0.290. The summed E-state index contributed by atoms with van der Waals surface area (Å²) in [5.41, 5.74) is 3.48. The molecule has 8 rings (SSSR count). The molecule has 4 aliphatic heterocycles. The predicted molar refractivity (Wildman–Crippen MR) is 193 cm³/mol. The van der Waals surface area contributed by atoms with Gasteiger partial charge in [-0.2, -0.15) is 0 Å². The lowest BCUT2D eigenvalue weighted by Gasteiger charge is -2.35. The second-order valence-corrected chi connectivity index (χ2v) is 15.3. The van der Waals surface area contributed by atoms with E-state index in [1.807, 2.05) is 40.7 Å². The van der Waals surface area contributed by atoms with Crippen LogP contribution in [0.5, 0.6) is 0 Å². The van der Waals surface area contributed by atoms with E-state index in [4.69, 9.17) is 16.6 Å². The molecule has 1 N–H and O–H groups in total. The van der Waals surface area contributed by atoms with Gasteiger partial charge in [0.05, 0.1) is 23.3 Å². The molecule has 13 nitrogen and oxygen atoms in total. The zero-order chi connectivity index (χ0) is 37.3. The first-order valence-corrected chi connectivity index (χ1v) is 18.5. The van der Waals surface area contributed by atoms with Crippen LogP contribution >= 0.6 is 22.9 Å². The number of carbonyl (C=O) groups is 5. The molecule has 0 saturated carbocycles. The molecule has 2 aromatic carbocycles. The fourth-order valence-corrected chi connectivity index (χ4v) is 8.85. The highest BCUT2D eigenvalue weighted by Crippen LogP contribution is 2.40. The number of aryl methyl sites for hydroxylation is 2. The van der Waals surface area contributed by atoms with Crippen LogP contribution in [-0.4, -0.2) is 96.9 Å². The third-order valence-corrected chi connectivity index (χ3v) is 11.9. The molecule has 1 unspecified atom stereocenters. The number of thiophene rings is 1. The Labute approximate surface area is 312 Å². The van der Waals surface area contributed by atoms with E-state index in [1.165, 1.54) is 12.1 Å². The van der Waals surface area contributed by atoms with Gasteiger partial charge in [0.25, 0.3) is 11.8 Å². The second-order valence-electron chi connectivity index (χ2n) is 13.7. The van der Waals surface area contributed by atoms with E-state index in [0.717, 1.165) is 37.2 Å². The van der Waals surface area contributed by atoms with E-state index in [9.17, 15) is 24.0 Å². The van der Waals surface area contributed by atoms with E-state index >= 15 is 4.39 Å². The summed E-state index contributed by atoms with van der Waals surface area (Å²) in [7, 11) is 0. The smallest absolute Gasteiger partial charge is 0.265 e. The van der Waals surface area contributed by atoms with Crippen molar-refractivity contribution in [3.8, 4) is 5.00 Å². The molecule has 272 valence electrons. The summed E-state index contributed by atoms with van der Waals surface area (Å²) < 4.78 is 17.9. The molecule has 2 aromatic heterocycles. The Kier molecular flexibility index (Phi) is 8.82. The van der Waals surface area contributed by atoms with Gasteiger partial charge in [-0.25, -0.2) is 4.39 Å². The van der Waals surface area contributed by atoms with Crippen molar-refractivity contribution >= 4 is 58.2 Å². The van der Waals surface area contributed by atoms with Gasteiger partial charge in [-0.15, -0.1) is 21.5 Å². The number of piperidine rings is 1. The number of fused-ring (bicyclic) bond motifs is 4. The van der Waals surface area contributed by atoms with E-state index in [1.54, 1.807) is 16.2 Å². The first kappa shape index (κ1) is 34.9. The number of hydrogen-bond acceptors (Lipinski definition) is 10. The lowest BCUT2D eigenvalue weighted by molar-refractivity contribution is -0.136. The highest BCUT2D eigenvalue weighted by molar-refractivity contribution is 7.15. The van der Waals surface area contributed by atoms with Crippen molar-refractivity contribution in [1.29, 1.82) is 0 Å². The van der Waals surface area contributed by atoms with E-state index < -0.39 is 41.5 Å². The van der Waals surface area contributed by atoms with E-state index in [0.29, 0.717) is 42.9 Å². The molecule has 0 aliphatic carbocycles. The van der Waals surface area contributed by atoms with Crippen LogP contribution in [0.2, 0.25) is 5.02 Å². The third-order valence-electron chi connectivity index (χ3n) is 10.5. The van der Waals surface area contributed by atoms with E-state index in [-0.39, 0.29) is 48.4 Å². The number of hydrogen-bond donors (Lipinski definition) is 1. The van der Waals surface area contributed by atoms with Gasteiger partial charge in [-0.3, -0.25) is 48.6 Å². The zero-order valence-corrected chi connectivity index (χ0v) is 30.7. The molecule has 4 aromatic rings. The Morgan fingerprint density at radius 1 is 0.962 bits per heavy atom. The van der Waals surface area contributed by atoms with Crippen LogP contribution in [0, 0.1) is 26.6 Å². The minimum atomic E-state index is -1.18. The van der Waals surface area contributed by atoms with Crippen molar-refractivity contribution in [2.24, 2.45) is 4.99 Å². The molecular formula is C37H34ClFN8O5S. The van der Waals surface area contributed by atoms with Crippen molar-refractivity contribution in [3.63, 3.8) is 0 Å². The van der Waals surface area contributed by atoms with Crippen molar-refractivity contribution < 1.29 is 28.4 Å². The molecule has 6 heterocycles. The third kappa shape index (κ3) is 5.96. The predicted octanol–water partition coefficient (Wildman–Crippen LogP) is 4.07. The fraction of sp³-hybridized carbons (Fsp3) is 0.351. The summed E-state index contributed by atoms with van der Waals surface area (Å²) in [5, 5.41) is 12.6. The monoisotopic (exact) mass is 756 g/mol. The topological polar surface area (TPSA) is 150 Å². The molecule has 2 fully saturated rings. The number of carbonyl (C=O) groups excluding carboxylic acids is 5. The van der Waals surface area contributed by atoms with Crippen LogP contribution in [0.1, 0.15) is 84.8 Å². The van der Waals surface area contributed by atoms with Crippen molar-refractivity contribution in [2.45, 2.75) is 58.7 Å². The molecular weight excluding hydrogens is 723 g/mol. The van der Waals surface area contributed by atoms with Crippen molar-refractivity contribution in [3.05, 3.63) is 97.1 Å². The van der Waals surface area contributed by atoms with E-state index in [2.05, 4.69) is 29.4 Å². The number of amides is 5. The van der Waals surface area contributed by atoms with Gasteiger partial charge in [0.1, 0.15) is 28.7 Å². The number of piperazine rings is 1. The standard InChI is InChI=1S/C37H34ClFN8O5S/c1-18-19(2)53-37-29(18)32(21-4-7-23(38)8-5-21)40-25(33-43-42-20(3)46(33)37)16-28(49)45-14-12-44(13-15-45)17-22-6-9-24-30(31(22)39)36(52)47(35(24)51)26-10-11-27(48)41-34(26)50/h4-9,25-26H,10-17H2,1-3H3,(H,41,48,50)/t25-,26?/m0/s1. The minimum Gasteiger partial charge on any atom is -0.340 e. The van der Waals surface area contributed by atoms with Crippen molar-refractivity contribution in [1.82, 2.24) is 34.8 Å². The van der Waals surface area contributed by atoms with Crippen LogP contribution in [0.15, 0.2) is 41.4 Å². The Balaban J connectivity index is 0.979. The summed E-state index contributed by atoms with van der Waals surface area (Å²) in [6, 6.07) is 8.62. The van der Waals surface area contributed by atoms with Gasteiger partial charge in [-0.05, 0) is 51.0 Å². The largest absolute Gasteiger partial charge is 0.340 e. The Hall–Kier alpha value is -5.12. The number of nitrogens with zero attached hydrogens (tertiary/aromatic N) is 7. The number of rotatable bonds is 6. The highest BCUT2D eigenvalue weighted by atomic mass is 35.5. The average Bonchev–Trinajstić information content (AvgIpc) is 3.71. The van der Waals surface area contributed by atoms with Gasteiger partial charge in [-0.1, -0.05) is 29.8 Å². The first-order valence-electron chi connectivity index (χ1n) is 17.3. The molecule has 5 amide bonds. The summed E-state index contributed by atoms with van der Waals surface area (Å²) in [5.74, 6) is -2.50. The molecule has 16 heteroatoms. The number of nitrogens with one attached hydrogen (secondary N) is 1. The Morgan fingerprint density at radius 3 is 2.42 bits per heavy atom. The maximum Gasteiger partial charge on any atom is 0.265 e. The van der Waals surface area contributed by atoms with Crippen LogP contribution in [-0.2, 0) is 20.9 Å². The molecule has 4 aliphatic rings. The molecule has 2 atom stereocenters. The molecule has 0 bridgehead atoms. The fourth-order valence-electron chi connectivity index (χ4n) is 7.51. The highest BCUT2D eigenvalue weighted by Gasteiger charge is 2.46. The van der Waals surface area contributed by atoms with Gasteiger partial charge in [0.2, 0.25) is 17.7 Å². The lowest BCUT2D eigenvalue weighted by atomic mass is 9.99.